The fraction of sp³-hybridized carbons (Fsp3) is 0.154. The molecule has 0 saturated heterocycles. The van der Waals surface area contributed by atoms with E-state index >= 15 is 0 Å². The first-order valence-corrected chi connectivity index (χ1v) is 5.20. The molecule has 16 heavy (non-hydrogen) atoms. The molecule has 0 aliphatic carbocycles. The number of H-pyrrole nitrogens is 1. The number of aromatic amines is 1. The Morgan fingerprint density at radius 3 is 2.88 bits per heavy atom. The predicted octanol–water partition coefficient (Wildman–Crippen LogP) is 3.03. The summed E-state index contributed by atoms with van der Waals surface area (Å²) in [5, 5.41) is 2.39. The molecule has 0 saturated carbocycles. The second-order valence-corrected chi connectivity index (χ2v) is 3.86. The quantitative estimate of drug-likeness (QED) is 0.673. The van der Waals surface area contributed by atoms with Crippen molar-refractivity contribution < 1.29 is 4.74 Å². The smallest absolute Gasteiger partial charge is 0.120 e. The van der Waals surface area contributed by atoms with E-state index in [4.69, 9.17) is 4.74 Å². The van der Waals surface area contributed by atoms with Gasteiger partial charge in [-0.1, -0.05) is 0 Å². The van der Waals surface area contributed by atoms with Gasteiger partial charge in [-0.15, -0.1) is 0 Å². The van der Waals surface area contributed by atoms with Gasteiger partial charge in [0, 0.05) is 34.2 Å². The first-order chi connectivity index (χ1) is 7.79. The van der Waals surface area contributed by atoms with Crippen LogP contribution in [-0.2, 0) is 0 Å². The third-order valence-corrected chi connectivity index (χ3v) is 2.91. The molecule has 0 bridgehead atoms. The van der Waals surface area contributed by atoms with Gasteiger partial charge in [-0.05, 0) is 25.1 Å². The first kappa shape index (κ1) is 9.21. The molecule has 2 aromatic heterocycles. The van der Waals surface area contributed by atoms with E-state index in [1.54, 1.807) is 7.11 Å². The molecule has 0 aliphatic heterocycles. The van der Waals surface area contributed by atoms with Crippen LogP contribution in [0.5, 0.6) is 5.75 Å². The fourth-order valence-electron chi connectivity index (χ4n) is 2.13. The van der Waals surface area contributed by atoms with Crippen molar-refractivity contribution in [3.8, 4) is 5.75 Å². The Labute approximate surface area is 93.1 Å². The molecule has 0 spiro atoms. The highest BCUT2D eigenvalue weighted by Crippen LogP contribution is 2.29. The number of hydrogen-bond acceptors (Lipinski definition) is 2. The minimum atomic E-state index is 0.865. The van der Waals surface area contributed by atoms with Crippen LogP contribution >= 0.6 is 0 Å². The molecule has 1 aromatic carbocycles. The topological polar surface area (TPSA) is 37.9 Å². The van der Waals surface area contributed by atoms with E-state index in [2.05, 4.69) is 16.0 Å². The summed E-state index contributed by atoms with van der Waals surface area (Å²) in [5.41, 5.74) is 3.26. The molecule has 2 heterocycles. The molecular weight excluding hydrogens is 200 g/mol. The zero-order valence-electron chi connectivity index (χ0n) is 9.24. The summed E-state index contributed by atoms with van der Waals surface area (Å²) in [6, 6.07) is 8.05. The summed E-state index contributed by atoms with van der Waals surface area (Å²) in [6.45, 7) is 2.03. The lowest BCUT2D eigenvalue weighted by atomic mass is 10.1. The fourth-order valence-corrected chi connectivity index (χ4v) is 2.13. The molecule has 0 atom stereocenters. The van der Waals surface area contributed by atoms with Gasteiger partial charge in [0.2, 0.25) is 0 Å². The summed E-state index contributed by atoms with van der Waals surface area (Å²) in [5.74, 6) is 0.865. The third-order valence-electron chi connectivity index (χ3n) is 2.91. The highest BCUT2D eigenvalue weighted by Gasteiger charge is 2.07. The summed E-state index contributed by atoms with van der Waals surface area (Å²) in [7, 11) is 1.68. The highest BCUT2D eigenvalue weighted by atomic mass is 16.5. The minimum absolute atomic E-state index is 0.865. The van der Waals surface area contributed by atoms with Crippen LogP contribution in [0.1, 0.15) is 5.69 Å². The Morgan fingerprint density at radius 2 is 2.06 bits per heavy atom. The van der Waals surface area contributed by atoms with E-state index < -0.39 is 0 Å². The van der Waals surface area contributed by atoms with Gasteiger partial charge in [0.15, 0.2) is 0 Å². The Hall–Kier alpha value is -2.03. The van der Waals surface area contributed by atoms with Crippen LogP contribution in [0.15, 0.2) is 30.5 Å². The Morgan fingerprint density at radius 1 is 1.19 bits per heavy atom. The van der Waals surface area contributed by atoms with Gasteiger partial charge in [0.25, 0.3) is 0 Å². The van der Waals surface area contributed by atoms with Crippen molar-refractivity contribution in [1.82, 2.24) is 9.97 Å². The summed E-state index contributed by atoms with van der Waals surface area (Å²) in [4.78, 5) is 7.69. The van der Waals surface area contributed by atoms with Gasteiger partial charge in [-0.2, -0.15) is 0 Å². The van der Waals surface area contributed by atoms with Crippen molar-refractivity contribution in [1.29, 1.82) is 0 Å². The number of fused-ring (bicyclic) bond motifs is 3. The molecule has 3 aromatic rings. The first-order valence-electron chi connectivity index (χ1n) is 5.20. The Balaban J connectivity index is 2.47. The number of nitrogens with one attached hydrogen (secondary N) is 1. The summed E-state index contributed by atoms with van der Waals surface area (Å²) < 4.78 is 5.21. The van der Waals surface area contributed by atoms with E-state index in [-0.39, 0.29) is 0 Å². The number of aromatic nitrogens is 2. The molecule has 0 fully saturated rings. The van der Waals surface area contributed by atoms with Crippen LogP contribution in [0.3, 0.4) is 0 Å². The second kappa shape index (κ2) is 3.23. The van der Waals surface area contributed by atoms with Crippen LogP contribution in [0.2, 0.25) is 0 Å². The summed E-state index contributed by atoms with van der Waals surface area (Å²) >= 11 is 0. The molecule has 0 amide bonds. The maximum Gasteiger partial charge on any atom is 0.120 e. The monoisotopic (exact) mass is 212 g/mol. The zero-order chi connectivity index (χ0) is 11.1. The van der Waals surface area contributed by atoms with Gasteiger partial charge in [0.1, 0.15) is 5.75 Å². The Bertz CT molecular complexity index is 670. The highest BCUT2D eigenvalue weighted by molar-refractivity contribution is 6.08. The molecule has 0 unspecified atom stereocenters. The van der Waals surface area contributed by atoms with Gasteiger partial charge in [0.05, 0.1) is 12.6 Å². The second-order valence-electron chi connectivity index (χ2n) is 3.86. The molecular formula is C13H12N2O. The molecule has 3 rings (SSSR count). The zero-order valence-corrected chi connectivity index (χ0v) is 9.24. The average Bonchev–Trinajstić information content (AvgIpc) is 2.67. The van der Waals surface area contributed by atoms with Crippen LogP contribution < -0.4 is 4.74 Å². The number of methoxy groups -OCH3 is 1. The maximum atomic E-state index is 5.21. The molecule has 80 valence electrons. The molecule has 0 radical (unpaired) electrons. The molecule has 3 heteroatoms. The normalized spacial score (nSPS) is 11.1. The van der Waals surface area contributed by atoms with E-state index in [1.807, 2.05) is 31.3 Å². The number of rotatable bonds is 1. The van der Waals surface area contributed by atoms with E-state index in [1.165, 1.54) is 10.8 Å². The standard InChI is InChI=1S/C13H12N2O/c1-8-13-10-4-3-9(16-2)7-12(10)15-11(13)5-6-14-8/h3-7,15H,1-2H3. The third kappa shape index (κ3) is 1.18. The maximum absolute atomic E-state index is 5.21. The van der Waals surface area contributed by atoms with Gasteiger partial charge in [-0.3, -0.25) is 4.98 Å². The lowest BCUT2D eigenvalue weighted by Crippen LogP contribution is -1.81. The van der Waals surface area contributed by atoms with E-state index in [0.29, 0.717) is 0 Å². The summed E-state index contributed by atoms with van der Waals surface area (Å²) in [6.07, 6.45) is 1.82. The van der Waals surface area contributed by atoms with Crippen molar-refractivity contribution in [2.75, 3.05) is 7.11 Å². The largest absolute Gasteiger partial charge is 0.497 e. The van der Waals surface area contributed by atoms with Crippen molar-refractivity contribution in [3.63, 3.8) is 0 Å². The predicted molar refractivity (Wildman–Crippen MR) is 64.9 cm³/mol. The van der Waals surface area contributed by atoms with E-state index in [0.717, 1.165) is 22.5 Å². The lowest BCUT2D eigenvalue weighted by molar-refractivity contribution is 0.415. The van der Waals surface area contributed by atoms with Crippen LogP contribution in [0, 0.1) is 6.92 Å². The van der Waals surface area contributed by atoms with Crippen molar-refractivity contribution >= 4 is 21.8 Å². The minimum Gasteiger partial charge on any atom is -0.497 e. The number of nitrogens with zero attached hydrogens (tertiary/aromatic N) is 1. The van der Waals surface area contributed by atoms with Gasteiger partial charge < -0.3 is 9.72 Å². The van der Waals surface area contributed by atoms with Crippen LogP contribution in [0.25, 0.3) is 21.8 Å². The van der Waals surface area contributed by atoms with Gasteiger partial charge in [-0.25, -0.2) is 0 Å². The molecule has 0 aliphatic rings. The van der Waals surface area contributed by atoms with Crippen molar-refractivity contribution in [2.24, 2.45) is 0 Å². The number of benzene rings is 1. The molecule has 3 nitrogen and oxygen atoms in total. The van der Waals surface area contributed by atoms with Crippen molar-refractivity contribution in [2.45, 2.75) is 6.92 Å². The van der Waals surface area contributed by atoms with Gasteiger partial charge >= 0.3 is 0 Å². The van der Waals surface area contributed by atoms with Crippen LogP contribution in [0.4, 0.5) is 0 Å². The number of aryl methyl sites for hydroxylation is 1. The molecule has 1 N–H and O–H groups in total. The Kier molecular flexibility index (Phi) is 1.86. The van der Waals surface area contributed by atoms with Crippen molar-refractivity contribution in [3.05, 3.63) is 36.2 Å². The number of pyridine rings is 1. The van der Waals surface area contributed by atoms with Crippen LogP contribution in [-0.4, -0.2) is 17.1 Å². The SMILES string of the molecule is COc1ccc2c(c1)[nH]c1ccnc(C)c12. The lowest BCUT2D eigenvalue weighted by Gasteiger charge is -1.98. The average molecular weight is 212 g/mol. The number of ether oxygens (including phenoxy) is 1. The van der Waals surface area contributed by atoms with E-state index in [9.17, 15) is 0 Å². The number of hydrogen-bond donors (Lipinski definition) is 1.